The van der Waals surface area contributed by atoms with E-state index in [2.05, 4.69) is 20.3 Å². The number of hydrogen-bond donors (Lipinski definition) is 1. The summed E-state index contributed by atoms with van der Waals surface area (Å²) in [5.74, 6) is -0.266. The van der Waals surface area contributed by atoms with Crippen molar-refractivity contribution in [1.82, 2.24) is 4.98 Å². The molecule has 0 saturated heterocycles. The first kappa shape index (κ1) is 12.1. The van der Waals surface area contributed by atoms with Crippen LogP contribution in [0, 0.1) is 6.92 Å². The van der Waals surface area contributed by atoms with E-state index < -0.39 is 0 Å². The summed E-state index contributed by atoms with van der Waals surface area (Å²) in [4.78, 5) is 18.7. The Hall–Kier alpha value is -2.37. The summed E-state index contributed by atoms with van der Waals surface area (Å²) in [5.41, 5.74) is 9.99. The summed E-state index contributed by atoms with van der Waals surface area (Å²) in [6.45, 7) is 1.74. The lowest BCUT2D eigenvalue weighted by Gasteiger charge is -2.07. The molecule has 0 aliphatic carbocycles. The number of nitrogens with one attached hydrogen (secondary N) is 1. The predicted molar refractivity (Wildman–Crippen MR) is 70.1 cm³/mol. The molecule has 0 spiro atoms. The maximum absolute atomic E-state index is 12.0. The summed E-state index contributed by atoms with van der Waals surface area (Å²) < 4.78 is 0. The molecule has 2 rings (SSSR count). The van der Waals surface area contributed by atoms with Crippen LogP contribution in [0.5, 0.6) is 0 Å². The van der Waals surface area contributed by atoms with Crippen LogP contribution in [-0.2, 0) is 0 Å². The first-order chi connectivity index (χ1) is 8.72. The molecule has 0 bridgehead atoms. The Balaban J connectivity index is 2.30. The van der Waals surface area contributed by atoms with E-state index in [1.807, 2.05) is 0 Å². The summed E-state index contributed by atoms with van der Waals surface area (Å²) in [5, 5.41) is 8.53. The van der Waals surface area contributed by atoms with Gasteiger partial charge in [-0.3, -0.25) is 10.1 Å². The fraction of sp³-hybridized carbons (Fsp3) is 0.0909. The van der Waals surface area contributed by atoms with Crippen molar-refractivity contribution in [3.8, 4) is 0 Å². The van der Waals surface area contributed by atoms with Gasteiger partial charge in [0.15, 0.2) is 5.13 Å². The van der Waals surface area contributed by atoms with Crippen LogP contribution >= 0.6 is 11.3 Å². The van der Waals surface area contributed by atoms with Gasteiger partial charge in [-0.1, -0.05) is 17.2 Å². The largest absolute Gasteiger partial charge is 0.298 e. The van der Waals surface area contributed by atoms with Crippen LogP contribution in [0.4, 0.5) is 10.8 Å². The number of rotatable bonds is 3. The predicted octanol–water partition coefficient (Wildman–Crippen LogP) is 3.65. The van der Waals surface area contributed by atoms with Gasteiger partial charge in [0.05, 0.1) is 0 Å². The molecule has 1 N–H and O–H groups in total. The number of benzene rings is 1. The fourth-order valence-electron chi connectivity index (χ4n) is 1.48. The molecule has 1 aromatic heterocycles. The van der Waals surface area contributed by atoms with Gasteiger partial charge in [-0.25, -0.2) is 4.98 Å². The average Bonchev–Trinajstić information content (AvgIpc) is 2.85. The van der Waals surface area contributed by atoms with Gasteiger partial charge in [-0.2, -0.15) is 0 Å². The highest BCUT2D eigenvalue weighted by atomic mass is 32.1. The molecule has 0 radical (unpaired) electrons. The van der Waals surface area contributed by atoms with Gasteiger partial charge in [-0.15, -0.1) is 11.3 Å². The second-order valence-electron chi connectivity index (χ2n) is 3.43. The Morgan fingerprint density at radius 1 is 1.56 bits per heavy atom. The van der Waals surface area contributed by atoms with Crippen molar-refractivity contribution in [3.05, 3.63) is 51.3 Å². The zero-order chi connectivity index (χ0) is 13.0. The Morgan fingerprint density at radius 3 is 3.06 bits per heavy atom. The van der Waals surface area contributed by atoms with Crippen LogP contribution in [0.2, 0.25) is 0 Å². The number of hydrogen-bond acceptors (Lipinski definition) is 4. The number of nitrogens with zero attached hydrogens (tertiary/aromatic N) is 4. The highest BCUT2D eigenvalue weighted by Crippen LogP contribution is 2.23. The van der Waals surface area contributed by atoms with Gasteiger partial charge >= 0.3 is 0 Å². The minimum Gasteiger partial charge on any atom is -0.298 e. The molecule has 0 aliphatic heterocycles. The minimum atomic E-state index is -0.266. The lowest BCUT2D eigenvalue weighted by Crippen LogP contribution is -2.13. The van der Waals surface area contributed by atoms with Gasteiger partial charge in [-0.05, 0) is 24.1 Å². The normalized spacial score (nSPS) is 9.61. The molecular weight excluding hydrogens is 250 g/mol. The van der Waals surface area contributed by atoms with Crippen molar-refractivity contribution in [3.63, 3.8) is 0 Å². The highest BCUT2D eigenvalue weighted by Gasteiger charge is 2.12. The van der Waals surface area contributed by atoms with E-state index in [1.54, 1.807) is 36.7 Å². The second-order valence-corrected chi connectivity index (χ2v) is 4.33. The first-order valence-electron chi connectivity index (χ1n) is 5.08. The van der Waals surface area contributed by atoms with E-state index in [4.69, 9.17) is 5.53 Å². The third-order valence-corrected chi connectivity index (χ3v) is 3.04. The monoisotopic (exact) mass is 259 g/mol. The van der Waals surface area contributed by atoms with Crippen LogP contribution in [0.25, 0.3) is 10.4 Å². The maximum atomic E-state index is 12.0. The average molecular weight is 259 g/mol. The Morgan fingerprint density at radius 2 is 2.39 bits per heavy atom. The van der Waals surface area contributed by atoms with Gasteiger partial charge in [0.1, 0.15) is 0 Å². The summed E-state index contributed by atoms with van der Waals surface area (Å²) in [6, 6.07) is 5.01. The second kappa shape index (κ2) is 5.31. The molecule has 0 fully saturated rings. The van der Waals surface area contributed by atoms with E-state index in [0.29, 0.717) is 21.9 Å². The third-order valence-electron chi connectivity index (χ3n) is 2.36. The first-order valence-corrected chi connectivity index (χ1v) is 5.96. The molecule has 7 heteroatoms. The van der Waals surface area contributed by atoms with E-state index in [9.17, 15) is 4.79 Å². The van der Waals surface area contributed by atoms with Gasteiger partial charge in [0, 0.05) is 27.7 Å². The smallest absolute Gasteiger partial charge is 0.257 e. The van der Waals surface area contributed by atoms with Gasteiger partial charge < -0.3 is 0 Å². The van der Waals surface area contributed by atoms with Gasteiger partial charge in [0.2, 0.25) is 0 Å². The number of aromatic nitrogens is 1. The number of anilines is 1. The topological polar surface area (TPSA) is 90.8 Å². The molecule has 0 unspecified atom stereocenters. The number of carbonyl (C=O) groups is 1. The van der Waals surface area contributed by atoms with Crippen molar-refractivity contribution >= 4 is 28.1 Å². The standard InChI is InChI=1S/C11H9N5OS/c1-7-8(3-2-4-9(7)15-16-12)10(17)14-11-13-5-6-18-11/h2-6H,1H3,(H,13,14,17). The number of thiazole rings is 1. The van der Waals surface area contributed by atoms with E-state index in [1.165, 1.54) is 11.3 Å². The summed E-state index contributed by atoms with van der Waals surface area (Å²) in [6.07, 6.45) is 1.61. The van der Waals surface area contributed by atoms with Crippen molar-refractivity contribution in [1.29, 1.82) is 0 Å². The van der Waals surface area contributed by atoms with E-state index in [-0.39, 0.29) is 5.91 Å². The fourth-order valence-corrected chi connectivity index (χ4v) is 2.00. The van der Waals surface area contributed by atoms with Crippen LogP contribution in [0.1, 0.15) is 15.9 Å². The quantitative estimate of drug-likeness (QED) is 0.517. The summed E-state index contributed by atoms with van der Waals surface area (Å²) in [7, 11) is 0. The maximum Gasteiger partial charge on any atom is 0.257 e. The molecule has 6 nitrogen and oxygen atoms in total. The zero-order valence-electron chi connectivity index (χ0n) is 9.49. The minimum absolute atomic E-state index is 0.266. The molecule has 90 valence electrons. The van der Waals surface area contributed by atoms with Crippen molar-refractivity contribution in [2.75, 3.05) is 5.32 Å². The van der Waals surface area contributed by atoms with Crippen molar-refractivity contribution in [2.45, 2.75) is 6.92 Å². The van der Waals surface area contributed by atoms with E-state index in [0.717, 1.165) is 0 Å². The summed E-state index contributed by atoms with van der Waals surface area (Å²) >= 11 is 1.34. The molecule has 0 saturated carbocycles. The molecule has 0 aliphatic rings. The molecule has 1 amide bonds. The van der Waals surface area contributed by atoms with Gasteiger partial charge in [0.25, 0.3) is 5.91 Å². The lowest BCUT2D eigenvalue weighted by atomic mass is 10.1. The molecule has 1 heterocycles. The van der Waals surface area contributed by atoms with Crippen molar-refractivity contribution < 1.29 is 4.79 Å². The molecular formula is C11H9N5OS. The number of carbonyl (C=O) groups excluding carboxylic acids is 1. The molecule has 18 heavy (non-hydrogen) atoms. The number of azide groups is 1. The molecule has 0 atom stereocenters. The third kappa shape index (κ3) is 2.48. The van der Waals surface area contributed by atoms with Crippen LogP contribution in [-0.4, -0.2) is 10.9 Å². The SMILES string of the molecule is Cc1c(N=[N+]=[N-])cccc1C(=O)Nc1nccs1. The van der Waals surface area contributed by atoms with E-state index >= 15 is 0 Å². The molecule has 1 aromatic carbocycles. The lowest BCUT2D eigenvalue weighted by molar-refractivity contribution is 0.102. The van der Waals surface area contributed by atoms with Crippen molar-refractivity contribution in [2.24, 2.45) is 5.11 Å². The Labute approximate surface area is 107 Å². The molecule has 2 aromatic rings. The van der Waals surface area contributed by atoms with Crippen LogP contribution < -0.4 is 5.32 Å². The zero-order valence-corrected chi connectivity index (χ0v) is 10.3. The van der Waals surface area contributed by atoms with Crippen LogP contribution in [0.15, 0.2) is 34.9 Å². The Kier molecular flexibility index (Phi) is 3.57. The Bertz CT molecular complexity index is 616. The van der Waals surface area contributed by atoms with Crippen LogP contribution in [0.3, 0.4) is 0 Å². The number of amides is 1. The highest BCUT2D eigenvalue weighted by molar-refractivity contribution is 7.13.